The highest BCUT2D eigenvalue weighted by Gasteiger charge is 2.22. The summed E-state index contributed by atoms with van der Waals surface area (Å²) >= 11 is 1.47. The number of esters is 1. The Morgan fingerprint density at radius 2 is 1.92 bits per heavy atom. The first-order valence-electron chi connectivity index (χ1n) is 7.43. The Balaban J connectivity index is 2.07. The highest BCUT2D eigenvalue weighted by molar-refractivity contribution is 7.14. The highest BCUT2D eigenvalue weighted by Crippen LogP contribution is 2.39. The van der Waals surface area contributed by atoms with E-state index in [0.717, 1.165) is 28.1 Å². The van der Waals surface area contributed by atoms with Crippen LogP contribution < -0.4 is 5.43 Å². The molecule has 6 heteroatoms. The summed E-state index contributed by atoms with van der Waals surface area (Å²) in [5.74, 6) is -0.350. The molecule has 1 heterocycles. The van der Waals surface area contributed by atoms with E-state index in [-0.39, 0.29) is 5.97 Å². The van der Waals surface area contributed by atoms with Crippen LogP contribution in [-0.4, -0.2) is 23.8 Å². The van der Waals surface area contributed by atoms with E-state index in [4.69, 9.17) is 4.74 Å². The number of thiazole rings is 1. The normalized spacial score (nSPS) is 10.5. The molecule has 2 aliphatic rings. The second kappa shape index (κ2) is 6.80. The van der Waals surface area contributed by atoms with Crippen molar-refractivity contribution >= 4 is 28.1 Å². The summed E-state index contributed by atoms with van der Waals surface area (Å²) in [5, 5.41) is 6.82. The van der Waals surface area contributed by atoms with Gasteiger partial charge in [0.25, 0.3) is 0 Å². The molecule has 0 bridgehead atoms. The Hall–Kier alpha value is -2.73. The number of carbonyl (C=O) groups is 1. The first kappa shape index (κ1) is 16.1. The molecule has 1 N–H and O–H groups in total. The minimum atomic E-state index is -0.350. The predicted octanol–water partition coefficient (Wildman–Crippen LogP) is 4.51. The van der Waals surface area contributed by atoms with E-state index in [0.29, 0.717) is 10.7 Å². The molecular weight excluding hydrogens is 322 g/mol. The summed E-state index contributed by atoms with van der Waals surface area (Å²) in [4.78, 5) is 16.7. The largest absolute Gasteiger partial charge is 0.465 e. The van der Waals surface area contributed by atoms with Gasteiger partial charge >= 0.3 is 5.97 Å². The fraction of sp³-hybridized carbons (Fsp3) is 0.167. The summed E-state index contributed by atoms with van der Waals surface area (Å²) < 4.78 is 4.91. The van der Waals surface area contributed by atoms with Crippen LogP contribution in [-0.2, 0) is 4.74 Å². The Morgan fingerprint density at radius 1 is 1.17 bits per heavy atom. The number of fused-ring (bicyclic) bond motifs is 1. The Labute approximate surface area is 144 Å². The van der Waals surface area contributed by atoms with Crippen LogP contribution in [0.2, 0.25) is 0 Å². The number of rotatable bonds is 4. The summed E-state index contributed by atoms with van der Waals surface area (Å²) in [7, 11) is 1.39. The van der Waals surface area contributed by atoms with Crippen molar-refractivity contribution in [3.63, 3.8) is 0 Å². The summed E-state index contributed by atoms with van der Waals surface area (Å²) in [6.45, 7) is 3.82. The number of hydrogen-bond donors (Lipinski definition) is 1. The van der Waals surface area contributed by atoms with Crippen molar-refractivity contribution in [3.05, 3.63) is 47.3 Å². The van der Waals surface area contributed by atoms with Crippen LogP contribution in [0.4, 0.5) is 5.13 Å². The molecule has 0 aliphatic heterocycles. The number of ether oxygens (including phenoxy) is 1. The topological polar surface area (TPSA) is 63.6 Å². The first-order chi connectivity index (χ1) is 11.6. The fourth-order valence-electron chi connectivity index (χ4n) is 2.42. The van der Waals surface area contributed by atoms with E-state index >= 15 is 0 Å². The van der Waals surface area contributed by atoms with Gasteiger partial charge < -0.3 is 4.74 Å². The maximum absolute atomic E-state index is 12.1. The van der Waals surface area contributed by atoms with E-state index in [2.05, 4.69) is 15.5 Å². The lowest BCUT2D eigenvalue weighted by Crippen LogP contribution is -1.99. The van der Waals surface area contributed by atoms with Gasteiger partial charge in [-0.05, 0) is 31.0 Å². The number of nitrogens with zero attached hydrogens (tertiary/aromatic N) is 2. The van der Waals surface area contributed by atoms with Crippen LogP contribution in [0.3, 0.4) is 0 Å². The third-order valence-corrected chi connectivity index (χ3v) is 4.21. The Morgan fingerprint density at radius 3 is 2.62 bits per heavy atom. The van der Waals surface area contributed by atoms with Crippen molar-refractivity contribution < 1.29 is 9.53 Å². The fourth-order valence-corrected chi connectivity index (χ4v) is 3.07. The van der Waals surface area contributed by atoms with Gasteiger partial charge in [0.15, 0.2) is 0 Å². The zero-order valence-electron chi connectivity index (χ0n) is 13.7. The molecule has 2 aliphatic carbocycles. The SMILES string of the molecule is COC(=O)c1cc(-c2csc(NN=C(C)C)n2)c2cccccc1-2. The molecule has 0 saturated carbocycles. The lowest BCUT2D eigenvalue weighted by molar-refractivity contribution is 0.0602. The summed E-state index contributed by atoms with van der Waals surface area (Å²) in [6.07, 6.45) is 0. The van der Waals surface area contributed by atoms with Crippen LogP contribution >= 0.6 is 11.3 Å². The van der Waals surface area contributed by atoms with Gasteiger partial charge in [0.2, 0.25) is 5.13 Å². The van der Waals surface area contributed by atoms with Crippen LogP contribution in [0, 0.1) is 0 Å². The van der Waals surface area contributed by atoms with Crippen LogP contribution in [0.15, 0.2) is 46.9 Å². The number of hydrogen-bond acceptors (Lipinski definition) is 6. The van der Waals surface area contributed by atoms with E-state index in [1.54, 1.807) is 0 Å². The molecule has 0 spiro atoms. The number of anilines is 1. The van der Waals surface area contributed by atoms with Crippen molar-refractivity contribution in [1.29, 1.82) is 0 Å². The monoisotopic (exact) mass is 339 g/mol. The van der Waals surface area contributed by atoms with Crippen molar-refractivity contribution in [2.24, 2.45) is 5.10 Å². The van der Waals surface area contributed by atoms with Gasteiger partial charge in [-0.1, -0.05) is 30.3 Å². The van der Waals surface area contributed by atoms with Gasteiger partial charge in [0, 0.05) is 16.7 Å². The van der Waals surface area contributed by atoms with Gasteiger partial charge in [0.05, 0.1) is 18.4 Å². The first-order valence-corrected chi connectivity index (χ1v) is 8.31. The quantitative estimate of drug-likeness (QED) is 0.431. The zero-order chi connectivity index (χ0) is 17.1. The number of carbonyl (C=O) groups excluding carboxylic acids is 1. The van der Waals surface area contributed by atoms with Crippen molar-refractivity contribution in [1.82, 2.24) is 4.98 Å². The number of hydrazone groups is 1. The van der Waals surface area contributed by atoms with Gasteiger partial charge in [-0.15, -0.1) is 11.3 Å². The molecule has 24 heavy (non-hydrogen) atoms. The third kappa shape index (κ3) is 3.14. The maximum atomic E-state index is 12.1. The molecule has 0 unspecified atom stereocenters. The highest BCUT2D eigenvalue weighted by atomic mass is 32.1. The van der Waals surface area contributed by atoms with E-state index in [9.17, 15) is 4.79 Å². The lowest BCUT2D eigenvalue weighted by Gasteiger charge is -2.00. The second-order valence-corrected chi connectivity index (χ2v) is 6.27. The molecule has 1 aromatic rings. The van der Waals surface area contributed by atoms with Crippen LogP contribution in [0.5, 0.6) is 0 Å². The Kier molecular flexibility index (Phi) is 4.57. The zero-order valence-corrected chi connectivity index (χ0v) is 14.5. The summed E-state index contributed by atoms with van der Waals surface area (Å²) in [5.41, 5.74) is 7.93. The van der Waals surface area contributed by atoms with Crippen molar-refractivity contribution in [2.75, 3.05) is 12.5 Å². The molecule has 122 valence electrons. The smallest absolute Gasteiger partial charge is 0.338 e. The van der Waals surface area contributed by atoms with E-state index < -0.39 is 0 Å². The van der Waals surface area contributed by atoms with Gasteiger partial charge in [0.1, 0.15) is 0 Å². The lowest BCUT2D eigenvalue weighted by atomic mass is 10.1. The molecule has 0 atom stereocenters. The van der Waals surface area contributed by atoms with Crippen molar-refractivity contribution in [2.45, 2.75) is 13.8 Å². The summed E-state index contributed by atoms with van der Waals surface area (Å²) in [6, 6.07) is 11.5. The molecule has 0 amide bonds. The molecule has 1 aromatic heterocycles. The molecule has 0 aromatic carbocycles. The van der Waals surface area contributed by atoms with Gasteiger partial charge in [-0.25, -0.2) is 9.78 Å². The number of nitrogens with one attached hydrogen (secondary N) is 1. The van der Waals surface area contributed by atoms with Crippen LogP contribution in [0.25, 0.3) is 22.4 Å². The third-order valence-electron chi connectivity index (χ3n) is 3.47. The molecule has 0 fully saturated rings. The Bertz CT molecular complexity index is 882. The number of methoxy groups -OCH3 is 1. The molecule has 3 rings (SSSR count). The van der Waals surface area contributed by atoms with Crippen LogP contribution in [0.1, 0.15) is 24.2 Å². The molecule has 5 nitrogen and oxygen atoms in total. The molecular formula is C18H17N3O2S. The predicted molar refractivity (Wildman–Crippen MR) is 97.9 cm³/mol. The van der Waals surface area contributed by atoms with E-state index in [1.165, 1.54) is 18.4 Å². The average Bonchev–Trinajstić information content (AvgIpc) is 3.10. The maximum Gasteiger partial charge on any atom is 0.338 e. The van der Waals surface area contributed by atoms with Crippen molar-refractivity contribution in [3.8, 4) is 22.4 Å². The molecule has 0 saturated heterocycles. The van der Waals surface area contributed by atoms with E-state index in [1.807, 2.05) is 55.6 Å². The minimum Gasteiger partial charge on any atom is -0.465 e. The molecule has 0 radical (unpaired) electrons. The van der Waals surface area contributed by atoms with Gasteiger partial charge in [-0.2, -0.15) is 5.10 Å². The standard InChI is InChI=1S/C18H17N3O2S/c1-11(2)20-21-18-19-16(10-24-18)14-9-15(17(22)23-3)13-8-6-4-5-7-12(13)14/h4-10H,1-3H3,(H,19,21). The second-order valence-electron chi connectivity index (χ2n) is 5.41. The average molecular weight is 339 g/mol. The number of aromatic nitrogens is 1. The minimum absolute atomic E-state index is 0.350. The van der Waals surface area contributed by atoms with Gasteiger partial charge in [-0.3, -0.25) is 5.43 Å².